The van der Waals surface area contributed by atoms with Crippen molar-refractivity contribution in [2.24, 2.45) is 4.99 Å². The van der Waals surface area contributed by atoms with Crippen LogP contribution in [0.15, 0.2) is 34.2 Å². The summed E-state index contributed by atoms with van der Waals surface area (Å²) in [6.45, 7) is 1.54. The number of hydrogen-bond donors (Lipinski definition) is 1. The Kier molecular flexibility index (Phi) is 3.08. The molecule has 7 heteroatoms. The number of esters is 1. The molecule has 0 amide bonds. The van der Waals surface area contributed by atoms with Crippen molar-refractivity contribution in [3.05, 3.63) is 29.8 Å². The Morgan fingerprint density at radius 1 is 1.39 bits per heavy atom. The summed E-state index contributed by atoms with van der Waals surface area (Å²) in [5.74, 6) is -0.352. The maximum Gasteiger partial charge on any atom is 0.330 e. The van der Waals surface area contributed by atoms with E-state index in [9.17, 15) is 13.2 Å². The van der Waals surface area contributed by atoms with Gasteiger partial charge in [0.1, 0.15) is 11.9 Å². The van der Waals surface area contributed by atoms with Gasteiger partial charge in [0.25, 0.3) is 10.0 Å². The van der Waals surface area contributed by atoms with Gasteiger partial charge in [-0.1, -0.05) is 12.1 Å². The molecule has 0 bridgehead atoms. The molecule has 1 atom stereocenters. The second-order valence-corrected chi connectivity index (χ2v) is 5.43. The molecule has 2 rings (SSSR count). The van der Waals surface area contributed by atoms with Gasteiger partial charge in [-0.05, 0) is 19.1 Å². The average Bonchev–Trinajstić information content (AvgIpc) is 2.61. The third-order valence-electron chi connectivity index (χ3n) is 2.53. The van der Waals surface area contributed by atoms with Crippen LogP contribution >= 0.6 is 0 Å². The largest absolute Gasteiger partial charge is 0.467 e. The SMILES string of the molecule is COC(=O)[C@H](C)N=C1NS(=O)(=O)c2ccccc21. The Hall–Kier alpha value is -1.89. The van der Waals surface area contributed by atoms with Crippen LogP contribution in [0.2, 0.25) is 0 Å². The lowest BCUT2D eigenvalue weighted by atomic mass is 10.2. The minimum Gasteiger partial charge on any atom is -0.467 e. The average molecular weight is 268 g/mol. The van der Waals surface area contributed by atoms with E-state index < -0.39 is 22.0 Å². The van der Waals surface area contributed by atoms with Crippen LogP contribution < -0.4 is 4.72 Å². The topological polar surface area (TPSA) is 84.8 Å². The first kappa shape index (κ1) is 12.6. The number of fused-ring (bicyclic) bond motifs is 1. The Labute approximate surface area is 105 Å². The summed E-state index contributed by atoms with van der Waals surface area (Å²) in [7, 11) is -2.31. The number of carbonyl (C=O) groups excluding carboxylic acids is 1. The zero-order valence-corrected chi connectivity index (χ0v) is 10.7. The lowest BCUT2D eigenvalue weighted by Gasteiger charge is -2.05. The molecule has 1 N–H and O–H groups in total. The molecule has 1 aliphatic rings. The number of rotatable bonds is 2. The Morgan fingerprint density at radius 2 is 2.06 bits per heavy atom. The van der Waals surface area contributed by atoms with Crippen molar-refractivity contribution in [1.82, 2.24) is 4.72 Å². The van der Waals surface area contributed by atoms with Crippen LogP contribution in [0, 0.1) is 0 Å². The molecule has 1 aromatic carbocycles. The van der Waals surface area contributed by atoms with Crippen molar-refractivity contribution >= 4 is 21.8 Å². The number of carbonyl (C=O) groups is 1. The lowest BCUT2D eigenvalue weighted by Crippen LogP contribution is -2.26. The van der Waals surface area contributed by atoms with E-state index >= 15 is 0 Å². The second kappa shape index (κ2) is 4.41. The van der Waals surface area contributed by atoms with Crippen LogP contribution in [-0.2, 0) is 19.6 Å². The van der Waals surface area contributed by atoms with E-state index in [0.29, 0.717) is 5.56 Å². The third-order valence-corrected chi connectivity index (χ3v) is 3.92. The summed E-state index contributed by atoms with van der Waals surface area (Å²) in [4.78, 5) is 15.5. The molecule has 0 fully saturated rings. The highest BCUT2D eigenvalue weighted by Crippen LogP contribution is 2.22. The van der Waals surface area contributed by atoms with E-state index in [-0.39, 0.29) is 10.7 Å². The van der Waals surface area contributed by atoms with E-state index in [1.807, 2.05) is 0 Å². The van der Waals surface area contributed by atoms with Gasteiger partial charge in [-0.25, -0.2) is 13.2 Å². The fraction of sp³-hybridized carbons (Fsp3) is 0.273. The van der Waals surface area contributed by atoms with Crippen molar-refractivity contribution in [3.63, 3.8) is 0 Å². The summed E-state index contributed by atoms with van der Waals surface area (Å²) in [6, 6.07) is 5.70. The van der Waals surface area contributed by atoms with Crippen LogP contribution in [0.3, 0.4) is 0 Å². The van der Waals surface area contributed by atoms with Crippen LogP contribution in [0.5, 0.6) is 0 Å². The van der Waals surface area contributed by atoms with Gasteiger partial charge >= 0.3 is 5.97 Å². The van der Waals surface area contributed by atoms with Gasteiger partial charge in [-0.3, -0.25) is 9.71 Å². The smallest absolute Gasteiger partial charge is 0.330 e. The molecule has 0 aromatic heterocycles. The van der Waals surface area contributed by atoms with Crippen molar-refractivity contribution in [2.75, 3.05) is 7.11 Å². The highest BCUT2D eigenvalue weighted by molar-refractivity contribution is 7.90. The van der Waals surface area contributed by atoms with E-state index in [1.54, 1.807) is 18.2 Å². The number of nitrogens with one attached hydrogen (secondary N) is 1. The number of sulfonamides is 1. The zero-order valence-electron chi connectivity index (χ0n) is 9.88. The van der Waals surface area contributed by atoms with Crippen LogP contribution in [0.1, 0.15) is 12.5 Å². The Balaban J connectivity index is 2.45. The standard InChI is InChI=1S/C11H12N2O4S/c1-7(11(14)17-2)12-10-8-5-3-4-6-9(8)18(15,16)13-10/h3-7H,1-2H3,(H,12,13)/t7-/m0/s1. The van der Waals surface area contributed by atoms with Crippen molar-refractivity contribution in [1.29, 1.82) is 0 Å². The highest BCUT2D eigenvalue weighted by atomic mass is 32.2. The number of benzene rings is 1. The summed E-state index contributed by atoms with van der Waals surface area (Å²) < 4.78 is 30.4. The number of ether oxygens (including phenoxy) is 1. The molecule has 6 nitrogen and oxygen atoms in total. The molecule has 18 heavy (non-hydrogen) atoms. The predicted molar refractivity (Wildman–Crippen MR) is 64.8 cm³/mol. The van der Waals surface area contributed by atoms with Gasteiger partial charge in [0.2, 0.25) is 0 Å². The van der Waals surface area contributed by atoms with Gasteiger partial charge in [0.15, 0.2) is 0 Å². The number of methoxy groups -OCH3 is 1. The molecule has 0 saturated heterocycles. The first-order valence-corrected chi connectivity index (χ1v) is 6.72. The van der Waals surface area contributed by atoms with Crippen molar-refractivity contribution in [2.45, 2.75) is 17.9 Å². The van der Waals surface area contributed by atoms with Crippen LogP contribution in [0.4, 0.5) is 0 Å². The maximum atomic E-state index is 11.8. The molecule has 0 radical (unpaired) electrons. The first-order valence-electron chi connectivity index (χ1n) is 5.23. The number of aliphatic imine (C=N–C) groups is 1. The van der Waals surface area contributed by atoms with Crippen LogP contribution in [-0.4, -0.2) is 33.4 Å². The van der Waals surface area contributed by atoms with Gasteiger partial charge in [-0.2, -0.15) is 0 Å². The number of amidine groups is 1. The molecular weight excluding hydrogens is 256 g/mol. The zero-order chi connectivity index (χ0) is 13.3. The fourth-order valence-electron chi connectivity index (χ4n) is 1.65. The molecule has 1 heterocycles. The normalized spacial score (nSPS) is 20.0. The number of hydrogen-bond acceptors (Lipinski definition) is 5. The van der Waals surface area contributed by atoms with Crippen molar-refractivity contribution in [3.8, 4) is 0 Å². The highest BCUT2D eigenvalue weighted by Gasteiger charge is 2.31. The molecule has 1 aromatic rings. The molecule has 1 aliphatic heterocycles. The van der Waals surface area contributed by atoms with Crippen LogP contribution in [0.25, 0.3) is 0 Å². The minimum atomic E-state index is -3.57. The number of nitrogens with zero attached hydrogens (tertiary/aromatic N) is 1. The summed E-state index contributed by atoms with van der Waals surface area (Å²) in [5, 5.41) is 0. The molecule has 0 aliphatic carbocycles. The third kappa shape index (κ3) is 2.08. The predicted octanol–water partition coefficient (Wildman–Crippen LogP) is 0.287. The quantitative estimate of drug-likeness (QED) is 0.781. The molecule has 0 unspecified atom stereocenters. The van der Waals surface area contributed by atoms with E-state index in [1.165, 1.54) is 20.1 Å². The monoisotopic (exact) mass is 268 g/mol. The maximum absolute atomic E-state index is 11.8. The van der Waals surface area contributed by atoms with E-state index in [2.05, 4.69) is 14.5 Å². The summed E-state index contributed by atoms with van der Waals surface area (Å²) in [6.07, 6.45) is 0. The second-order valence-electron chi connectivity index (χ2n) is 3.78. The van der Waals surface area contributed by atoms with Crippen molar-refractivity contribution < 1.29 is 17.9 Å². The molecular formula is C11H12N2O4S. The van der Waals surface area contributed by atoms with Gasteiger partial charge in [0, 0.05) is 5.56 Å². The van der Waals surface area contributed by atoms with Gasteiger partial charge in [0.05, 0.1) is 12.0 Å². The van der Waals surface area contributed by atoms with Gasteiger partial charge < -0.3 is 4.74 Å². The Bertz CT molecular complexity index is 622. The van der Waals surface area contributed by atoms with E-state index in [4.69, 9.17) is 0 Å². The lowest BCUT2D eigenvalue weighted by molar-refractivity contribution is -0.141. The summed E-state index contributed by atoms with van der Waals surface area (Å²) in [5.41, 5.74) is 0.466. The van der Waals surface area contributed by atoms with E-state index in [0.717, 1.165) is 0 Å². The molecule has 0 saturated carbocycles. The molecule has 96 valence electrons. The first-order chi connectivity index (χ1) is 8.45. The summed E-state index contributed by atoms with van der Waals surface area (Å²) >= 11 is 0. The Morgan fingerprint density at radius 3 is 2.72 bits per heavy atom. The minimum absolute atomic E-state index is 0.167. The molecule has 0 spiro atoms. The fourth-order valence-corrected chi connectivity index (χ4v) is 2.89. The van der Waals surface area contributed by atoms with Gasteiger partial charge in [-0.15, -0.1) is 0 Å².